The molecule has 0 amide bonds. The summed E-state index contributed by atoms with van der Waals surface area (Å²) in [6, 6.07) is 30.1. The van der Waals surface area contributed by atoms with Gasteiger partial charge >= 0.3 is 0 Å². The topological polar surface area (TPSA) is 179 Å². The van der Waals surface area contributed by atoms with Crippen LogP contribution in [0.25, 0.3) is 0 Å². The van der Waals surface area contributed by atoms with Crippen LogP contribution < -0.4 is 4.74 Å². The molecule has 3 heterocycles. The molecule has 0 radical (unpaired) electrons. The van der Waals surface area contributed by atoms with Gasteiger partial charge in [-0.05, 0) is 89.9 Å². The molecule has 3 aliphatic heterocycles. The Morgan fingerprint density at radius 2 is 1.49 bits per heavy atom. The Morgan fingerprint density at radius 1 is 0.789 bits per heavy atom. The van der Waals surface area contributed by atoms with Crippen LogP contribution in [0.1, 0.15) is 84.4 Å². The molecule has 7 rings (SSSR count). The van der Waals surface area contributed by atoms with Gasteiger partial charge in [0.25, 0.3) is 0 Å². The van der Waals surface area contributed by atoms with Crippen molar-refractivity contribution in [2.45, 2.75) is 106 Å². The fourth-order valence-electron chi connectivity index (χ4n) is 6.96. The molecule has 0 saturated carbocycles. The third-order valence-electron chi connectivity index (χ3n) is 10.5. The van der Waals surface area contributed by atoms with Crippen LogP contribution in [-0.4, -0.2) is 105 Å². The average molecular weight is 807 g/mol. The first-order valence-corrected chi connectivity index (χ1v) is 20.7. The van der Waals surface area contributed by atoms with Crippen molar-refractivity contribution in [3.63, 3.8) is 0 Å². The van der Waals surface area contributed by atoms with E-state index in [1.165, 1.54) is 28.0 Å². The van der Waals surface area contributed by atoms with E-state index in [0.717, 1.165) is 41.7 Å². The first-order valence-electron chi connectivity index (χ1n) is 19.7. The zero-order chi connectivity index (χ0) is 40.9. The normalized spacial score (nSPS) is 24.2. The molecule has 0 aliphatic carbocycles. The monoisotopic (exact) mass is 806 g/mol. The Labute approximate surface area is 339 Å². The molecule has 7 N–H and O–H groups in total. The van der Waals surface area contributed by atoms with Gasteiger partial charge in [-0.15, -0.1) is 11.8 Å². The second-order valence-electron chi connectivity index (χ2n) is 14.4. The summed E-state index contributed by atoms with van der Waals surface area (Å²) in [5, 5.41) is 68.2. The number of aliphatic hydroxyl groups excluding tert-OH is 7. The van der Waals surface area contributed by atoms with Gasteiger partial charge < -0.3 is 54.7 Å². The van der Waals surface area contributed by atoms with Gasteiger partial charge in [0.2, 0.25) is 0 Å². The highest BCUT2D eigenvalue weighted by atomic mass is 32.2. The van der Waals surface area contributed by atoms with Gasteiger partial charge in [0.1, 0.15) is 54.6 Å². The summed E-state index contributed by atoms with van der Waals surface area (Å²) in [4.78, 5) is 1.30. The molecule has 310 valence electrons. The van der Waals surface area contributed by atoms with E-state index in [4.69, 9.17) is 18.9 Å². The van der Waals surface area contributed by atoms with Gasteiger partial charge in [-0.3, -0.25) is 0 Å². The smallest absolute Gasteiger partial charge is 0.190 e. The van der Waals surface area contributed by atoms with Gasteiger partial charge in [-0.2, -0.15) is 0 Å². The van der Waals surface area contributed by atoms with Crippen LogP contribution in [-0.2, 0) is 33.5 Å². The van der Waals surface area contributed by atoms with E-state index in [2.05, 4.69) is 62.4 Å². The van der Waals surface area contributed by atoms with Crippen LogP contribution in [0, 0.1) is 0 Å². The number of hydrogen-bond donors (Lipinski definition) is 7. The van der Waals surface area contributed by atoms with E-state index in [0.29, 0.717) is 11.3 Å². The van der Waals surface area contributed by atoms with Crippen molar-refractivity contribution in [1.82, 2.24) is 0 Å². The first-order chi connectivity index (χ1) is 27.6. The van der Waals surface area contributed by atoms with Crippen molar-refractivity contribution in [3.05, 3.63) is 130 Å². The second kappa shape index (κ2) is 22.1. The maximum Gasteiger partial charge on any atom is 0.190 e. The van der Waals surface area contributed by atoms with Crippen LogP contribution in [0.2, 0.25) is 0 Å². The van der Waals surface area contributed by atoms with Crippen molar-refractivity contribution in [1.29, 1.82) is 0 Å². The quantitative estimate of drug-likeness (QED) is 0.108. The van der Waals surface area contributed by atoms with E-state index in [1.807, 2.05) is 42.1 Å². The summed E-state index contributed by atoms with van der Waals surface area (Å²) < 4.78 is 22.8. The maximum absolute atomic E-state index is 10.4. The molecule has 3 aliphatic rings. The molecule has 4 aromatic rings. The van der Waals surface area contributed by atoms with Gasteiger partial charge in [0.05, 0.1) is 25.9 Å². The molecule has 1 fully saturated rings. The lowest BCUT2D eigenvalue weighted by atomic mass is 9.89. The summed E-state index contributed by atoms with van der Waals surface area (Å²) in [6.07, 6.45) is -4.01. The summed E-state index contributed by atoms with van der Waals surface area (Å²) >= 11 is 1.86. The minimum absolute atomic E-state index is 0.132. The number of benzene rings is 4. The zero-order valence-electron chi connectivity index (χ0n) is 32.9. The summed E-state index contributed by atoms with van der Waals surface area (Å²) in [6.45, 7) is 5.05. The van der Waals surface area contributed by atoms with Crippen molar-refractivity contribution in [3.8, 4) is 5.75 Å². The Morgan fingerprint density at radius 3 is 2.12 bits per heavy atom. The number of aryl methyl sites for hydroxylation is 3. The molecule has 8 unspecified atom stereocenters. The summed E-state index contributed by atoms with van der Waals surface area (Å²) in [5.41, 5.74) is 7.20. The van der Waals surface area contributed by atoms with Crippen molar-refractivity contribution in [2.24, 2.45) is 0 Å². The molecule has 0 aromatic heterocycles. The Hall–Kier alpha value is -3.37. The average Bonchev–Trinajstić information content (AvgIpc) is 3.26. The minimum Gasteiger partial charge on any atom is -0.467 e. The first kappa shape index (κ1) is 44.7. The number of hydrogen-bond acceptors (Lipinski definition) is 12. The van der Waals surface area contributed by atoms with Gasteiger partial charge in [0, 0.05) is 10.5 Å². The predicted octanol–water partition coefficient (Wildman–Crippen LogP) is 4.99. The number of fused-ring (bicyclic) bond motifs is 2. The number of rotatable bonds is 11. The minimum atomic E-state index is -1.42. The number of thioether (sulfide) groups is 1. The van der Waals surface area contributed by atoms with Crippen LogP contribution in [0.3, 0.4) is 0 Å². The highest BCUT2D eigenvalue weighted by Gasteiger charge is 2.44. The van der Waals surface area contributed by atoms with Crippen molar-refractivity contribution < 1.29 is 54.7 Å². The lowest BCUT2D eigenvalue weighted by Gasteiger charge is -2.40. The standard InChI is InChI=1S/C22H26O7.C15H22O4S.C8H10/c1-2-12-3-5-13(6-4-12)21-15-9-14(7-8-16(15)27-11-28-21)22-20(26)19(25)18(24)17(10-23)29-22;1-10(18)13(8-16)19-14(9-17)11-4-5-15-12(7-11)3-2-6-20-15;1-2-8-6-4-3-5-7-8/h3-9,17-26H,2,10-11H2,1H3;4-5,7,10,13-14,16-18H,2-3,6,8-9H2,1H3;3-7H,2H2,1H3/t17?,18?,19?,20?,21-,22?;;/m0../s1. The predicted molar refractivity (Wildman–Crippen MR) is 218 cm³/mol. The van der Waals surface area contributed by atoms with Crippen LogP contribution >= 0.6 is 11.8 Å². The van der Waals surface area contributed by atoms with E-state index in [9.17, 15) is 35.7 Å². The van der Waals surface area contributed by atoms with E-state index in [-0.39, 0.29) is 26.1 Å². The van der Waals surface area contributed by atoms with Crippen LogP contribution in [0.15, 0.2) is 95.9 Å². The Kier molecular flexibility index (Phi) is 17.4. The Bertz CT molecular complexity index is 1790. The lowest BCUT2D eigenvalue weighted by molar-refractivity contribution is -0.231. The summed E-state index contributed by atoms with van der Waals surface area (Å²) in [5.74, 6) is 1.83. The van der Waals surface area contributed by atoms with E-state index >= 15 is 0 Å². The third-order valence-corrected chi connectivity index (χ3v) is 11.7. The third kappa shape index (κ3) is 11.6. The molecule has 4 aromatic carbocycles. The largest absolute Gasteiger partial charge is 0.467 e. The molecule has 1 saturated heterocycles. The molecule has 12 heteroatoms. The van der Waals surface area contributed by atoms with Gasteiger partial charge in [-0.1, -0.05) is 86.6 Å². The summed E-state index contributed by atoms with van der Waals surface area (Å²) in [7, 11) is 0. The van der Waals surface area contributed by atoms with Crippen molar-refractivity contribution in [2.75, 3.05) is 32.4 Å². The van der Waals surface area contributed by atoms with Crippen LogP contribution in [0.5, 0.6) is 5.75 Å². The molecule has 9 atom stereocenters. The molecular weight excluding hydrogens is 749 g/mol. The molecule has 0 bridgehead atoms. The number of ether oxygens (including phenoxy) is 4. The zero-order valence-corrected chi connectivity index (χ0v) is 33.7. The Balaban J connectivity index is 0.000000190. The van der Waals surface area contributed by atoms with Crippen LogP contribution in [0.4, 0.5) is 0 Å². The lowest BCUT2D eigenvalue weighted by Crippen LogP contribution is -2.55. The van der Waals surface area contributed by atoms with Gasteiger partial charge in [0.15, 0.2) is 6.79 Å². The SMILES string of the molecule is CC(O)C(CO)OC(CO)c1ccc2c(c1)CCCS2.CCc1ccc([C@@H]2OCOc3ccc(C4OC(CO)C(O)C(O)C4O)cc32)cc1.CCc1ccccc1. The maximum atomic E-state index is 10.4. The molecule has 11 nitrogen and oxygen atoms in total. The molecular formula is C45H58O11S. The number of aliphatic hydroxyl groups is 7. The highest BCUT2D eigenvalue weighted by molar-refractivity contribution is 7.99. The van der Waals surface area contributed by atoms with E-state index < -0.39 is 55.4 Å². The van der Waals surface area contributed by atoms with E-state index in [1.54, 1.807) is 19.1 Å². The molecule has 0 spiro atoms. The second-order valence-corrected chi connectivity index (χ2v) is 15.5. The van der Waals surface area contributed by atoms with Crippen molar-refractivity contribution >= 4 is 11.8 Å². The fraction of sp³-hybridized carbons (Fsp3) is 0.467. The van der Waals surface area contributed by atoms with Gasteiger partial charge in [-0.25, -0.2) is 0 Å². The fourth-order valence-corrected chi connectivity index (χ4v) is 7.98. The highest BCUT2D eigenvalue weighted by Crippen LogP contribution is 2.41. The molecule has 57 heavy (non-hydrogen) atoms.